The highest BCUT2D eigenvalue weighted by molar-refractivity contribution is 7.80. The Kier molecular flexibility index (Phi) is 3.96. The molecule has 1 aromatic carbocycles. The van der Waals surface area contributed by atoms with Crippen LogP contribution in [0.4, 0.5) is 13.2 Å². The number of thiocarbonyl (C=S) groups is 1. The first-order chi connectivity index (χ1) is 8.88. The fraction of sp³-hybridized carbons (Fsp3) is 0.417. The second-order valence-electron chi connectivity index (χ2n) is 4.18. The number of nitrogens with two attached hydrogens (primary N) is 1. The van der Waals surface area contributed by atoms with Crippen LogP contribution in [-0.4, -0.2) is 24.3 Å². The summed E-state index contributed by atoms with van der Waals surface area (Å²) in [6, 6.07) is 3.11. The lowest BCUT2D eigenvalue weighted by molar-refractivity contribution is -0.137. The Hall–Kier alpha value is -1.34. The summed E-state index contributed by atoms with van der Waals surface area (Å²) in [6.45, 7) is 0.992. The highest BCUT2D eigenvalue weighted by atomic mass is 32.1. The van der Waals surface area contributed by atoms with Crippen molar-refractivity contribution in [1.29, 1.82) is 0 Å². The molecule has 1 saturated heterocycles. The van der Waals surface area contributed by atoms with E-state index in [-0.39, 0.29) is 22.4 Å². The molecule has 2 N–H and O–H groups in total. The molecule has 104 valence electrons. The van der Waals surface area contributed by atoms with Gasteiger partial charge < -0.3 is 15.2 Å². The fourth-order valence-corrected chi connectivity index (χ4v) is 1.95. The van der Waals surface area contributed by atoms with Gasteiger partial charge in [0.05, 0.1) is 24.3 Å². The van der Waals surface area contributed by atoms with Crippen molar-refractivity contribution in [2.24, 2.45) is 5.73 Å². The number of rotatable bonds is 3. The van der Waals surface area contributed by atoms with Crippen LogP contribution in [0, 0.1) is 0 Å². The molecular weight excluding hydrogens is 279 g/mol. The van der Waals surface area contributed by atoms with E-state index < -0.39 is 11.7 Å². The van der Waals surface area contributed by atoms with Crippen LogP contribution in [0.5, 0.6) is 5.75 Å². The second-order valence-corrected chi connectivity index (χ2v) is 4.62. The Labute approximate surface area is 113 Å². The molecule has 0 radical (unpaired) electrons. The van der Waals surface area contributed by atoms with Gasteiger partial charge in [0, 0.05) is 6.42 Å². The molecule has 0 bridgehead atoms. The molecule has 0 saturated carbocycles. The predicted molar refractivity (Wildman–Crippen MR) is 67.2 cm³/mol. The van der Waals surface area contributed by atoms with Gasteiger partial charge in [0.1, 0.15) is 16.8 Å². The van der Waals surface area contributed by atoms with Gasteiger partial charge in [-0.3, -0.25) is 0 Å². The highest BCUT2D eigenvalue weighted by Crippen LogP contribution is 2.33. The molecule has 3 nitrogen and oxygen atoms in total. The van der Waals surface area contributed by atoms with Crippen molar-refractivity contribution in [3.8, 4) is 5.75 Å². The van der Waals surface area contributed by atoms with Crippen molar-refractivity contribution >= 4 is 17.2 Å². The first kappa shape index (κ1) is 14.1. The van der Waals surface area contributed by atoms with Gasteiger partial charge in [-0.1, -0.05) is 12.2 Å². The van der Waals surface area contributed by atoms with Gasteiger partial charge >= 0.3 is 6.18 Å². The van der Waals surface area contributed by atoms with E-state index in [0.717, 1.165) is 12.1 Å². The monoisotopic (exact) mass is 291 g/mol. The van der Waals surface area contributed by atoms with Crippen molar-refractivity contribution in [3.05, 3.63) is 29.3 Å². The molecule has 0 aromatic heterocycles. The second kappa shape index (κ2) is 5.34. The van der Waals surface area contributed by atoms with Gasteiger partial charge in [-0.25, -0.2) is 0 Å². The van der Waals surface area contributed by atoms with Crippen LogP contribution in [0.15, 0.2) is 18.2 Å². The zero-order chi connectivity index (χ0) is 14.0. The maximum Gasteiger partial charge on any atom is 0.416 e. The topological polar surface area (TPSA) is 44.5 Å². The molecule has 1 aromatic rings. The largest absolute Gasteiger partial charge is 0.487 e. The minimum atomic E-state index is -4.44. The molecule has 1 fully saturated rings. The normalized spacial score (nSPS) is 19.4. The molecule has 2 rings (SSSR count). The van der Waals surface area contributed by atoms with E-state index in [4.69, 9.17) is 27.4 Å². The molecule has 0 aliphatic carbocycles. The minimum absolute atomic E-state index is 0.0942. The Morgan fingerprint density at radius 2 is 2.16 bits per heavy atom. The Bertz CT molecular complexity index is 484. The van der Waals surface area contributed by atoms with Gasteiger partial charge in [0.2, 0.25) is 0 Å². The zero-order valence-electron chi connectivity index (χ0n) is 9.87. The molecule has 1 aliphatic rings. The summed E-state index contributed by atoms with van der Waals surface area (Å²) in [7, 11) is 0. The van der Waals surface area contributed by atoms with Crippen LogP contribution in [0.1, 0.15) is 17.5 Å². The maximum absolute atomic E-state index is 12.6. The molecule has 1 heterocycles. The van der Waals surface area contributed by atoms with Crippen molar-refractivity contribution < 1.29 is 22.6 Å². The van der Waals surface area contributed by atoms with E-state index in [0.29, 0.717) is 19.6 Å². The molecule has 1 unspecified atom stereocenters. The van der Waals surface area contributed by atoms with Crippen molar-refractivity contribution in [2.45, 2.75) is 18.7 Å². The SMILES string of the molecule is NC(=S)c1cc(C(F)(F)F)ccc1OC1CCOC1. The number of hydrogen-bond donors (Lipinski definition) is 1. The summed E-state index contributed by atoms with van der Waals surface area (Å²) in [5.74, 6) is 0.260. The number of alkyl halides is 3. The van der Waals surface area contributed by atoms with E-state index >= 15 is 0 Å². The van der Waals surface area contributed by atoms with E-state index in [1.54, 1.807) is 0 Å². The number of benzene rings is 1. The quantitative estimate of drug-likeness (QED) is 0.869. The number of hydrogen-bond acceptors (Lipinski definition) is 3. The lowest BCUT2D eigenvalue weighted by Crippen LogP contribution is -2.20. The predicted octanol–water partition coefficient (Wildman–Crippen LogP) is 2.51. The highest BCUT2D eigenvalue weighted by Gasteiger charge is 2.31. The molecule has 7 heteroatoms. The summed E-state index contributed by atoms with van der Waals surface area (Å²) in [4.78, 5) is -0.125. The molecule has 19 heavy (non-hydrogen) atoms. The minimum Gasteiger partial charge on any atom is -0.487 e. The van der Waals surface area contributed by atoms with Crippen molar-refractivity contribution in [2.75, 3.05) is 13.2 Å². The first-order valence-corrected chi connectivity index (χ1v) is 6.04. The van der Waals surface area contributed by atoms with Gasteiger partial charge in [0.15, 0.2) is 0 Å². The van der Waals surface area contributed by atoms with E-state index in [9.17, 15) is 13.2 Å². The van der Waals surface area contributed by atoms with Crippen LogP contribution in [0.25, 0.3) is 0 Å². The Morgan fingerprint density at radius 3 is 2.68 bits per heavy atom. The third-order valence-electron chi connectivity index (χ3n) is 2.75. The molecule has 1 aliphatic heterocycles. The zero-order valence-corrected chi connectivity index (χ0v) is 10.7. The maximum atomic E-state index is 12.6. The Morgan fingerprint density at radius 1 is 1.42 bits per heavy atom. The summed E-state index contributed by atoms with van der Waals surface area (Å²) in [6.07, 6.45) is -3.92. The lowest BCUT2D eigenvalue weighted by Gasteiger charge is -2.16. The fourth-order valence-electron chi connectivity index (χ4n) is 1.79. The van der Waals surface area contributed by atoms with E-state index in [1.165, 1.54) is 6.07 Å². The van der Waals surface area contributed by atoms with E-state index in [2.05, 4.69) is 0 Å². The number of halogens is 3. The van der Waals surface area contributed by atoms with Crippen LogP contribution in [0.2, 0.25) is 0 Å². The average Bonchev–Trinajstić information content (AvgIpc) is 2.80. The van der Waals surface area contributed by atoms with Crippen LogP contribution in [0.3, 0.4) is 0 Å². The first-order valence-electron chi connectivity index (χ1n) is 5.63. The van der Waals surface area contributed by atoms with Gasteiger partial charge in [-0.05, 0) is 18.2 Å². The third kappa shape index (κ3) is 3.36. The summed E-state index contributed by atoms with van der Waals surface area (Å²) < 4.78 is 48.6. The van der Waals surface area contributed by atoms with Gasteiger partial charge in [-0.15, -0.1) is 0 Å². The average molecular weight is 291 g/mol. The smallest absolute Gasteiger partial charge is 0.416 e. The summed E-state index contributed by atoms with van der Waals surface area (Å²) >= 11 is 4.77. The third-order valence-corrected chi connectivity index (χ3v) is 2.97. The standard InChI is InChI=1S/C12H12F3NO2S/c13-12(14,15)7-1-2-10(9(5-7)11(16)19)18-8-3-4-17-6-8/h1-2,5,8H,3-4,6H2,(H2,16,19). The van der Waals surface area contributed by atoms with Crippen LogP contribution >= 0.6 is 12.2 Å². The molecule has 0 amide bonds. The molecule has 1 atom stereocenters. The Balaban J connectivity index is 2.29. The van der Waals surface area contributed by atoms with Gasteiger partial charge in [-0.2, -0.15) is 13.2 Å². The molecular formula is C12H12F3NO2S. The summed E-state index contributed by atoms with van der Waals surface area (Å²) in [5.41, 5.74) is 4.75. The van der Waals surface area contributed by atoms with Crippen molar-refractivity contribution in [1.82, 2.24) is 0 Å². The number of ether oxygens (including phenoxy) is 2. The van der Waals surface area contributed by atoms with E-state index in [1.807, 2.05) is 0 Å². The van der Waals surface area contributed by atoms with Crippen LogP contribution in [-0.2, 0) is 10.9 Å². The van der Waals surface area contributed by atoms with Crippen LogP contribution < -0.4 is 10.5 Å². The molecule has 0 spiro atoms. The lowest BCUT2D eigenvalue weighted by atomic mass is 10.1. The summed E-state index contributed by atoms with van der Waals surface area (Å²) in [5, 5.41) is 0. The van der Waals surface area contributed by atoms with Crippen molar-refractivity contribution in [3.63, 3.8) is 0 Å². The van der Waals surface area contributed by atoms with Gasteiger partial charge in [0.25, 0.3) is 0 Å².